The minimum Gasteiger partial charge on any atom is -0.481 e. The monoisotopic (exact) mass is 237 g/mol. The van der Waals surface area contributed by atoms with Gasteiger partial charge in [-0.1, -0.05) is 0 Å². The van der Waals surface area contributed by atoms with Crippen LogP contribution in [0.5, 0.6) is 11.8 Å². The second-order valence-electron chi connectivity index (χ2n) is 2.79. The Morgan fingerprint density at radius 2 is 2.06 bits per heavy atom. The molecule has 0 spiro atoms. The minimum atomic E-state index is -4.86. The van der Waals surface area contributed by atoms with E-state index in [1.54, 1.807) is 0 Å². The molecule has 0 unspecified atom stereocenters. The Bertz CT molecular complexity index is 382. The van der Waals surface area contributed by atoms with Crippen LogP contribution in [0.1, 0.15) is 5.56 Å². The number of nitrogen functional groups attached to an aromatic ring is 1. The third-order valence-corrected chi connectivity index (χ3v) is 1.73. The van der Waals surface area contributed by atoms with E-state index < -0.39 is 12.2 Å². The molecule has 4 N–H and O–H groups in total. The zero-order chi connectivity index (χ0) is 12.3. The van der Waals surface area contributed by atoms with Gasteiger partial charge in [-0.15, -0.1) is 13.2 Å². The summed E-state index contributed by atoms with van der Waals surface area (Å²) in [6.07, 6.45) is -4.86. The van der Waals surface area contributed by atoms with Crippen molar-refractivity contribution in [3.8, 4) is 11.8 Å². The number of halogens is 3. The van der Waals surface area contributed by atoms with Crippen molar-refractivity contribution in [3.05, 3.63) is 11.6 Å². The summed E-state index contributed by atoms with van der Waals surface area (Å²) < 4.78 is 44.4. The van der Waals surface area contributed by atoms with E-state index in [0.29, 0.717) is 0 Å². The highest BCUT2D eigenvalue weighted by Gasteiger charge is 2.33. The van der Waals surface area contributed by atoms with Crippen molar-refractivity contribution in [2.24, 2.45) is 5.73 Å². The number of nitrogens with two attached hydrogens (primary N) is 2. The summed E-state index contributed by atoms with van der Waals surface area (Å²) in [7, 11) is 1.26. The lowest BCUT2D eigenvalue weighted by Crippen LogP contribution is -2.20. The van der Waals surface area contributed by atoms with Gasteiger partial charge in [0.05, 0.1) is 12.8 Å². The molecule has 0 amide bonds. The summed E-state index contributed by atoms with van der Waals surface area (Å²) in [4.78, 5) is 3.44. The number of hydrogen-bond donors (Lipinski definition) is 2. The van der Waals surface area contributed by atoms with E-state index in [9.17, 15) is 13.2 Å². The number of aromatic nitrogens is 1. The largest absolute Gasteiger partial charge is 0.574 e. The van der Waals surface area contributed by atoms with Gasteiger partial charge >= 0.3 is 6.36 Å². The van der Waals surface area contributed by atoms with Crippen LogP contribution in [0.4, 0.5) is 18.9 Å². The number of ether oxygens (including phenoxy) is 2. The first-order chi connectivity index (χ1) is 7.37. The third-order valence-electron chi connectivity index (χ3n) is 1.73. The summed E-state index contributed by atoms with van der Waals surface area (Å²) in [5, 5.41) is 0. The molecule has 1 rings (SSSR count). The highest BCUT2D eigenvalue weighted by Crippen LogP contribution is 2.31. The van der Waals surface area contributed by atoms with Gasteiger partial charge in [0.15, 0.2) is 0 Å². The summed E-state index contributed by atoms with van der Waals surface area (Å²) in [6.45, 7) is -0.0427. The molecule has 5 nitrogen and oxygen atoms in total. The van der Waals surface area contributed by atoms with Gasteiger partial charge in [-0.25, -0.2) is 0 Å². The first kappa shape index (κ1) is 12.4. The van der Waals surface area contributed by atoms with E-state index in [2.05, 4.69) is 9.72 Å². The Morgan fingerprint density at radius 3 is 2.50 bits per heavy atom. The molecule has 0 saturated heterocycles. The maximum atomic E-state index is 12.0. The van der Waals surface area contributed by atoms with E-state index >= 15 is 0 Å². The van der Waals surface area contributed by atoms with Crippen molar-refractivity contribution in [1.29, 1.82) is 0 Å². The fourth-order valence-corrected chi connectivity index (χ4v) is 1.02. The second-order valence-corrected chi connectivity index (χ2v) is 2.79. The molecular formula is C8H10F3N3O2. The molecule has 0 aliphatic rings. The van der Waals surface area contributed by atoms with Crippen LogP contribution in [-0.4, -0.2) is 18.5 Å². The average Bonchev–Trinajstić information content (AvgIpc) is 2.19. The maximum absolute atomic E-state index is 12.0. The van der Waals surface area contributed by atoms with Gasteiger partial charge in [0, 0.05) is 12.6 Å². The molecule has 0 atom stereocenters. The number of nitrogens with zero attached hydrogens (tertiary/aromatic N) is 1. The standard InChI is InChI=1S/C8H10F3N3O2/c1-15-5-2-4(3-12)6(13)7(14-5)16-8(9,10)11/h2H,3,12-13H2,1H3. The van der Waals surface area contributed by atoms with Gasteiger partial charge in [0.2, 0.25) is 11.8 Å². The summed E-state index contributed by atoms with van der Waals surface area (Å²) in [5.74, 6) is -0.804. The smallest absolute Gasteiger partial charge is 0.481 e. The molecule has 0 aliphatic heterocycles. The quantitative estimate of drug-likeness (QED) is 0.820. The van der Waals surface area contributed by atoms with E-state index in [4.69, 9.17) is 16.2 Å². The Hall–Kier alpha value is -1.70. The number of alkyl halides is 3. The Labute approximate surface area is 89.1 Å². The van der Waals surface area contributed by atoms with Crippen LogP contribution in [-0.2, 0) is 6.54 Å². The Morgan fingerprint density at radius 1 is 1.44 bits per heavy atom. The summed E-state index contributed by atoms with van der Waals surface area (Å²) in [6, 6.07) is 1.35. The zero-order valence-corrected chi connectivity index (χ0v) is 8.34. The van der Waals surface area contributed by atoms with Crippen LogP contribution >= 0.6 is 0 Å². The lowest BCUT2D eigenvalue weighted by atomic mass is 10.2. The molecule has 0 aliphatic carbocycles. The Balaban J connectivity index is 3.16. The van der Waals surface area contributed by atoms with Gasteiger partial charge in [-0.05, 0) is 5.56 Å². The molecule has 0 fully saturated rings. The molecule has 0 bridgehead atoms. The fourth-order valence-electron chi connectivity index (χ4n) is 1.02. The highest BCUT2D eigenvalue weighted by atomic mass is 19.4. The van der Waals surface area contributed by atoms with Crippen molar-refractivity contribution in [1.82, 2.24) is 4.98 Å². The normalized spacial score (nSPS) is 11.3. The molecule has 16 heavy (non-hydrogen) atoms. The van der Waals surface area contributed by atoms with Crippen LogP contribution < -0.4 is 20.9 Å². The molecule has 1 aromatic rings. The molecule has 0 aromatic carbocycles. The summed E-state index contributed by atoms with van der Waals surface area (Å²) >= 11 is 0. The van der Waals surface area contributed by atoms with E-state index in [1.165, 1.54) is 13.2 Å². The lowest BCUT2D eigenvalue weighted by molar-refractivity contribution is -0.275. The molecule has 1 aromatic heterocycles. The predicted molar refractivity (Wildman–Crippen MR) is 49.8 cm³/mol. The molecule has 90 valence electrons. The molecular weight excluding hydrogens is 227 g/mol. The third kappa shape index (κ3) is 2.89. The van der Waals surface area contributed by atoms with Crippen molar-refractivity contribution >= 4 is 5.69 Å². The molecule has 0 saturated carbocycles. The van der Waals surface area contributed by atoms with Crippen LogP contribution in [0.2, 0.25) is 0 Å². The van der Waals surface area contributed by atoms with Gasteiger partial charge in [0.25, 0.3) is 0 Å². The van der Waals surface area contributed by atoms with Gasteiger partial charge in [-0.2, -0.15) is 4.98 Å². The molecule has 8 heteroatoms. The first-order valence-corrected chi connectivity index (χ1v) is 4.16. The van der Waals surface area contributed by atoms with Crippen molar-refractivity contribution in [2.45, 2.75) is 12.9 Å². The number of methoxy groups -OCH3 is 1. The maximum Gasteiger partial charge on any atom is 0.574 e. The minimum absolute atomic E-state index is 0.0427. The highest BCUT2D eigenvalue weighted by molar-refractivity contribution is 5.56. The zero-order valence-electron chi connectivity index (χ0n) is 8.34. The lowest BCUT2D eigenvalue weighted by Gasteiger charge is -2.13. The van der Waals surface area contributed by atoms with E-state index in [-0.39, 0.29) is 23.7 Å². The van der Waals surface area contributed by atoms with Crippen LogP contribution in [0.15, 0.2) is 6.07 Å². The van der Waals surface area contributed by atoms with Gasteiger partial charge < -0.3 is 20.9 Å². The predicted octanol–water partition coefficient (Wildman–Crippen LogP) is 1.03. The van der Waals surface area contributed by atoms with Crippen molar-refractivity contribution in [2.75, 3.05) is 12.8 Å². The van der Waals surface area contributed by atoms with E-state index in [1.807, 2.05) is 0 Å². The SMILES string of the molecule is COc1cc(CN)c(N)c(OC(F)(F)F)n1. The fraction of sp³-hybridized carbons (Fsp3) is 0.375. The van der Waals surface area contributed by atoms with Crippen LogP contribution in [0.3, 0.4) is 0 Å². The van der Waals surface area contributed by atoms with E-state index in [0.717, 1.165) is 0 Å². The van der Waals surface area contributed by atoms with Crippen molar-refractivity contribution in [3.63, 3.8) is 0 Å². The average molecular weight is 237 g/mol. The van der Waals surface area contributed by atoms with Gasteiger partial charge in [-0.3, -0.25) is 0 Å². The van der Waals surface area contributed by atoms with Gasteiger partial charge in [0.1, 0.15) is 0 Å². The topological polar surface area (TPSA) is 83.4 Å². The molecule has 0 radical (unpaired) electrons. The first-order valence-electron chi connectivity index (χ1n) is 4.16. The Kier molecular flexibility index (Phi) is 3.43. The van der Waals surface area contributed by atoms with Crippen LogP contribution in [0, 0.1) is 0 Å². The number of hydrogen-bond acceptors (Lipinski definition) is 5. The summed E-state index contributed by atoms with van der Waals surface area (Å²) in [5.41, 5.74) is 10.7. The second kappa shape index (κ2) is 4.44. The van der Waals surface area contributed by atoms with Crippen molar-refractivity contribution < 1.29 is 22.6 Å². The van der Waals surface area contributed by atoms with Crippen LogP contribution in [0.25, 0.3) is 0 Å². The molecule has 1 heterocycles. The number of pyridine rings is 1. The number of anilines is 1. The number of rotatable bonds is 3.